The highest BCUT2D eigenvalue weighted by Gasteiger charge is 2.20. The van der Waals surface area contributed by atoms with Crippen LogP contribution in [0, 0.1) is 5.82 Å². The number of H-pyrrole nitrogens is 1. The van der Waals surface area contributed by atoms with E-state index in [0.29, 0.717) is 6.54 Å². The van der Waals surface area contributed by atoms with Gasteiger partial charge in [-0.2, -0.15) is 5.10 Å². The highest BCUT2D eigenvalue weighted by Crippen LogP contribution is 2.31. The molecule has 0 radical (unpaired) electrons. The Morgan fingerprint density at radius 2 is 1.92 bits per heavy atom. The molecule has 0 fully saturated rings. The molecule has 4 rings (SSSR count). The van der Waals surface area contributed by atoms with Gasteiger partial charge in [-0.3, -0.25) is 5.10 Å². The third-order valence-electron chi connectivity index (χ3n) is 3.96. The first-order valence-electron chi connectivity index (χ1n) is 7.61. The van der Waals surface area contributed by atoms with Gasteiger partial charge in [0.2, 0.25) is 0 Å². The first-order chi connectivity index (χ1) is 11.7. The van der Waals surface area contributed by atoms with Gasteiger partial charge in [0.15, 0.2) is 0 Å². The number of hydrogen-bond donors (Lipinski definition) is 2. The zero-order valence-corrected chi connectivity index (χ0v) is 13.6. The van der Waals surface area contributed by atoms with Gasteiger partial charge in [-0.15, -0.1) is 11.3 Å². The van der Waals surface area contributed by atoms with E-state index in [9.17, 15) is 4.39 Å². The average molecular weight is 338 g/mol. The minimum Gasteiger partial charge on any atom is -0.329 e. The van der Waals surface area contributed by atoms with E-state index in [4.69, 9.17) is 10.7 Å². The smallest absolute Gasteiger partial charge is 0.123 e. The molecule has 0 spiro atoms. The van der Waals surface area contributed by atoms with Crippen LogP contribution in [0.25, 0.3) is 21.5 Å². The van der Waals surface area contributed by atoms with Gasteiger partial charge >= 0.3 is 0 Å². The molecular formula is C18H15FN4S. The van der Waals surface area contributed by atoms with Gasteiger partial charge in [-0.25, -0.2) is 9.37 Å². The summed E-state index contributed by atoms with van der Waals surface area (Å²) in [5.41, 5.74) is 9.52. The molecule has 0 aliphatic carbocycles. The van der Waals surface area contributed by atoms with Crippen molar-refractivity contribution in [2.24, 2.45) is 5.73 Å². The van der Waals surface area contributed by atoms with Crippen LogP contribution in [0.2, 0.25) is 0 Å². The van der Waals surface area contributed by atoms with Gasteiger partial charge < -0.3 is 5.73 Å². The zero-order valence-electron chi connectivity index (χ0n) is 12.7. The molecule has 1 unspecified atom stereocenters. The topological polar surface area (TPSA) is 67.6 Å². The van der Waals surface area contributed by atoms with Crippen molar-refractivity contribution in [3.63, 3.8) is 0 Å². The van der Waals surface area contributed by atoms with E-state index in [0.717, 1.165) is 32.2 Å². The van der Waals surface area contributed by atoms with E-state index in [1.54, 1.807) is 23.5 Å². The molecule has 0 aliphatic rings. The second-order valence-electron chi connectivity index (χ2n) is 5.52. The standard InChI is InChI=1S/C18H15FN4S/c19-12-7-5-11(6-8-12)15-9-16(23-22-15)13(10-20)18-21-14-3-1-2-4-17(14)24-18/h1-9,13H,10,20H2,(H,22,23). The van der Waals surface area contributed by atoms with E-state index >= 15 is 0 Å². The first-order valence-corrected chi connectivity index (χ1v) is 8.43. The van der Waals surface area contributed by atoms with E-state index in [-0.39, 0.29) is 11.7 Å². The van der Waals surface area contributed by atoms with Gasteiger partial charge in [-0.1, -0.05) is 12.1 Å². The Hall–Kier alpha value is -2.57. The number of nitrogens with one attached hydrogen (secondary N) is 1. The summed E-state index contributed by atoms with van der Waals surface area (Å²) in [6, 6.07) is 16.3. The molecule has 0 saturated heterocycles. The number of nitrogens with zero attached hydrogens (tertiary/aromatic N) is 2. The number of nitrogens with two attached hydrogens (primary N) is 1. The summed E-state index contributed by atoms with van der Waals surface area (Å²) in [6.07, 6.45) is 0. The molecule has 2 aromatic heterocycles. The molecule has 3 N–H and O–H groups in total. The maximum atomic E-state index is 13.1. The molecule has 2 heterocycles. The van der Waals surface area contributed by atoms with E-state index in [1.807, 2.05) is 24.3 Å². The number of hydrogen-bond acceptors (Lipinski definition) is 4. The van der Waals surface area contributed by atoms with Gasteiger partial charge in [-0.05, 0) is 42.5 Å². The maximum absolute atomic E-state index is 13.1. The second kappa shape index (κ2) is 6.14. The van der Waals surface area contributed by atoms with Crippen LogP contribution in [0.3, 0.4) is 0 Å². The van der Waals surface area contributed by atoms with Gasteiger partial charge in [0.05, 0.1) is 21.8 Å². The van der Waals surface area contributed by atoms with Crippen molar-refractivity contribution in [3.8, 4) is 11.3 Å². The molecule has 4 aromatic rings. The summed E-state index contributed by atoms with van der Waals surface area (Å²) < 4.78 is 14.2. The fourth-order valence-electron chi connectivity index (χ4n) is 2.68. The van der Waals surface area contributed by atoms with Crippen molar-refractivity contribution < 1.29 is 4.39 Å². The van der Waals surface area contributed by atoms with E-state index in [2.05, 4.69) is 16.3 Å². The second-order valence-corrected chi connectivity index (χ2v) is 6.59. The number of thiazole rings is 1. The molecule has 0 amide bonds. The van der Waals surface area contributed by atoms with Crippen molar-refractivity contribution in [3.05, 3.63) is 71.1 Å². The number of para-hydroxylation sites is 1. The molecule has 120 valence electrons. The van der Waals surface area contributed by atoms with Gasteiger partial charge in [0.1, 0.15) is 10.8 Å². The lowest BCUT2D eigenvalue weighted by Gasteiger charge is -2.08. The van der Waals surface area contributed by atoms with Crippen LogP contribution in [-0.2, 0) is 0 Å². The fourth-order valence-corrected chi connectivity index (χ4v) is 3.78. The van der Waals surface area contributed by atoms with Gasteiger partial charge in [0, 0.05) is 17.8 Å². The van der Waals surface area contributed by atoms with Crippen LogP contribution in [-0.4, -0.2) is 21.7 Å². The van der Waals surface area contributed by atoms with Crippen LogP contribution in [0.15, 0.2) is 54.6 Å². The third-order valence-corrected chi connectivity index (χ3v) is 5.11. The molecule has 0 saturated carbocycles. The summed E-state index contributed by atoms with van der Waals surface area (Å²) >= 11 is 1.64. The minimum atomic E-state index is -0.260. The lowest BCUT2D eigenvalue weighted by atomic mass is 10.1. The Labute approximate surface area is 142 Å². The quantitative estimate of drug-likeness (QED) is 0.593. The highest BCUT2D eigenvalue weighted by atomic mass is 32.1. The molecule has 24 heavy (non-hydrogen) atoms. The molecule has 0 bridgehead atoms. The molecule has 6 heteroatoms. The summed E-state index contributed by atoms with van der Waals surface area (Å²) in [6.45, 7) is 0.435. The Balaban J connectivity index is 1.69. The van der Waals surface area contributed by atoms with Gasteiger partial charge in [0.25, 0.3) is 0 Å². The third kappa shape index (κ3) is 2.70. The largest absolute Gasteiger partial charge is 0.329 e. The Kier molecular flexibility index (Phi) is 3.84. The summed E-state index contributed by atoms with van der Waals surface area (Å²) in [5, 5.41) is 8.36. The number of rotatable bonds is 4. The number of aromatic amines is 1. The monoisotopic (exact) mass is 338 g/mol. The van der Waals surface area contributed by atoms with Crippen molar-refractivity contribution >= 4 is 21.6 Å². The number of halogens is 1. The number of aromatic nitrogens is 3. The Morgan fingerprint density at radius 1 is 1.12 bits per heavy atom. The fraction of sp³-hybridized carbons (Fsp3) is 0.111. The van der Waals surface area contributed by atoms with Crippen LogP contribution in [0.4, 0.5) is 4.39 Å². The zero-order chi connectivity index (χ0) is 16.5. The van der Waals surface area contributed by atoms with Crippen LogP contribution in [0.1, 0.15) is 16.6 Å². The Bertz CT molecular complexity index is 941. The Morgan fingerprint density at radius 3 is 2.67 bits per heavy atom. The van der Waals surface area contributed by atoms with Crippen LogP contribution in [0.5, 0.6) is 0 Å². The molecule has 4 nitrogen and oxygen atoms in total. The molecule has 2 aromatic carbocycles. The molecule has 1 atom stereocenters. The van der Waals surface area contributed by atoms with Crippen molar-refractivity contribution in [1.29, 1.82) is 0 Å². The van der Waals surface area contributed by atoms with Crippen molar-refractivity contribution in [2.75, 3.05) is 6.54 Å². The summed E-state index contributed by atoms with van der Waals surface area (Å²) in [4.78, 5) is 4.70. The molecular weight excluding hydrogens is 323 g/mol. The summed E-state index contributed by atoms with van der Waals surface area (Å²) in [7, 11) is 0. The predicted molar refractivity (Wildman–Crippen MR) is 94.5 cm³/mol. The number of benzene rings is 2. The lowest BCUT2D eigenvalue weighted by Crippen LogP contribution is -2.14. The van der Waals surface area contributed by atoms with Crippen LogP contribution >= 0.6 is 11.3 Å². The average Bonchev–Trinajstić information content (AvgIpc) is 3.23. The van der Waals surface area contributed by atoms with E-state index in [1.165, 1.54) is 12.1 Å². The summed E-state index contributed by atoms with van der Waals surface area (Å²) in [5.74, 6) is -0.298. The SMILES string of the molecule is NCC(c1cc(-c2ccc(F)cc2)n[nH]1)c1nc2ccccc2s1. The minimum absolute atomic E-state index is 0.0379. The molecule has 0 aliphatic heterocycles. The van der Waals surface area contributed by atoms with E-state index < -0.39 is 0 Å². The van der Waals surface area contributed by atoms with Crippen LogP contribution < -0.4 is 5.73 Å². The van der Waals surface area contributed by atoms with Crippen molar-refractivity contribution in [2.45, 2.75) is 5.92 Å². The van der Waals surface area contributed by atoms with Crippen molar-refractivity contribution in [1.82, 2.24) is 15.2 Å². The first kappa shape index (κ1) is 15.0. The lowest BCUT2D eigenvalue weighted by molar-refractivity contribution is 0.628. The predicted octanol–water partition coefficient (Wildman–Crippen LogP) is 3.92. The normalized spacial score (nSPS) is 12.6. The number of fused-ring (bicyclic) bond motifs is 1. The maximum Gasteiger partial charge on any atom is 0.123 e. The highest BCUT2D eigenvalue weighted by molar-refractivity contribution is 7.18.